The molecule has 0 N–H and O–H groups in total. The molecular weight excluding hydrogens is 1160 g/mol. The van der Waals surface area contributed by atoms with Gasteiger partial charge in [-0.25, -0.2) is 0 Å². The van der Waals surface area contributed by atoms with Crippen LogP contribution in [-0.2, 0) is 103 Å². The minimum atomic E-state index is -0.452. The van der Waals surface area contributed by atoms with E-state index in [0.29, 0.717) is 0 Å². The molecule has 0 amide bonds. The summed E-state index contributed by atoms with van der Waals surface area (Å²) in [5.41, 5.74) is 3.75. The number of methoxy groups -OCH3 is 4. The van der Waals surface area contributed by atoms with Gasteiger partial charge in [-0.15, -0.1) is 0 Å². The van der Waals surface area contributed by atoms with Crippen LogP contribution in [-0.4, -0.2) is 76.2 Å². The zero-order valence-electron chi connectivity index (χ0n) is 52.0. The van der Waals surface area contributed by atoms with E-state index < -0.39 is 23.7 Å². The van der Waals surface area contributed by atoms with Crippen LogP contribution in [0.4, 0.5) is 0 Å². The second-order valence-corrected chi connectivity index (χ2v) is 25.2. The summed E-state index contributed by atoms with van der Waals surface area (Å²) in [6.45, 7) is 0.901. The van der Waals surface area contributed by atoms with E-state index in [2.05, 4.69) is 12.2 Å². The predicted octanol–water partition coefficient (Wildman–Crippen LogP) is 11.3. The third-order valence-corrected chi connectivity index (χ3v) is 19.9. The number of carbonyl (C=O) groups is 8. The Kier molecular flexibility index (Phi) is 22.2. The maximum absolute atomic E-state index is 12.7. The number of rotatable bonds is 16. The molecule has 0 aliphatic heterocycles. The summed E-state index contributed by atoms with van der Waals surface area (Å²) >= 11 is 0. The van der Waals surface area contributed by atoms with Gasteiger partial charge in [0.05, 0.1) is 75.8 Å². The molecule has 0 heterocycles. The average molecular weight is 1240 g/mol. The molecule has 16 nitrogen and oxygen atoms in total. The van der Waals surface area contributed by atoms with E-state index in [9.17, 15) is 38.4 Å². The van der Waals surface area contributed by atoms with Gasteiger partial charge in [-0.2, -0.15) is 0 Å². The van der Waals surface area contributed by atoms with Gasteiger partial charge in [-0.3, -0.25) is 38.4 Å². The monoisotopic (exact) mass is 1240 g/mol. The molecule has 10 aliphatic rings. The van der Waals surface area contributed by atoms with E-state index in [4.69, 9.17) is 37.9 Å². The Morgan fingerprint density at radius 1 is 0.264 bits per heavy atom. The van der Waals surface area contributed by atoms with Crippen molar-refractivity contribution in [3.63, 3.8) is 0 Å². The Hall–Kier alpha value is -8.66. The third-order valence-electron chi connectivity index (χ3n) is 19.9. The Morgan fingerprint density at radius 2 is 0.451 bits per heavy atom. The summed E-state index contributed by atoms with van der Waals surface area (Å²) in [5, 5.41) is 0. The van der Waals surface area contributed by atoms with E-state index in [0.717, 1.165) is 59.8 Å². The minimum absolute atomic E-state index is 0.0625. The van der Waals surface area contributed by atoms with Crippen molar-refractivity contribution in [2.45, 2.75) is 71.4 Å². The first-order chi connectivity index (χ1) is 44.3. The average Bonchev–Trinajstić information content (AvgIpc) is 1.96. The van der Waals surface area contributed by atoms with Gasteiger partial charge in [0.15, 0.2) is 0 Å². The fourth-order valence-corrected chi connectivity index (χ4v) is 15.4. The van der Waals surface area contributed by atoms with E-state index in [-0.39, 0.29) is 145 Å². The van der Waals surface area contributed by atoms with Crippen LogP contribution in [0.25, 0.3) is 0 Å². The number of hydrogen-bond donors (Lipinski definition) is 0. The van der Waals surface area contributed by atoms with Crippen LogP contribution >= 0.6 is 0 Å². The maximum Gasteiger partial charge on any atom is 0.310 e. The molecule has 5 saturated carbocycles. The molecule has 18 unspecified atom stereocenters. The van der Waals surface area contributed by atoms with E-state index in [1.165, 1.54) is 47.7 Å². The van der Waals surface area contributed by atoms with Crippen LogP contribution in [0.2, 0.25) is 0 Å². The van der Waals surface area contributed by atoms with Crippen molar-refractivity contribution in [3.8, 4) is 0 Å². The van der Waals surface area contributed by atoms with Crippen molar-refractivity contribution in [1.82, 2.24) is 0 Å². The highest BCUT2D eigenvalue weighted by Gasteiger charge is 2.56. The Balaban J connectivity index is 0.000000132. The molecule has 0 spiro atoms. The summed E-state index contributed by atoms with van der Waals surface area (Å²) in [6.07, 6.45) is 28.7. The molecule has 91 heavy (non-hydrogen) atoms. The second kappa shape index (κ2) is 30.9. The molecule has 16 heteroatoms. The number of ether oxygens (including phenoxy) is 8. The molecule has 5 fully saturated rings. The number of esters is 8. The molecule has 0 radical (unpaired) electrons. The van der Waals surface area contributed by atoms with Crippen molar-refractivity contribution in [3.05, 3.63) is 204 Å². The van der Waals surface area contributed by atoms with Gasteiger partial charge in [-0.05, 0) is 126 Å². The lowest BCUT2D eigenvalue weighted by Gasteiger charge is -2.25. The fourth-order valence-electron chi connectivity index (χ4n) is 15.4. The summed E-state index contributed by atoms with van der Waals surface area (Å²) in [6, 6.07) is 38.3. The minimum Gasteiger partial charge on any atom is -0.469 e. The zero-order chi connectivity index (χ0) is 64.0. The summed E-state index contributed by atoms with van der Waals surface area (Å²) in [4.78, 5) is 97.2. The highest BCUT2D eigenvalue weighted by Crippen LogP contribution is 2.52. The van der Waals surface area contributed by atoms with Crippen molar-refractivity contribution < 1.29 is 76.3 Å². The Morgan fingerprint density at radius 3 is 0.604 bits per heavy atom. The third kappa shape index (κ3) is 15.6. The Bertz CT molecular complexity index is 2920. The second-order valence-electron chi connectivity index (χ2n) is 25.2. The Labute approximate surface area is 532 Å². The number of carbonyl (C=O) groups excluding carboxylic acids is 8. The van der Waals surface area contributed by atoms with Crippen LogP contribution in [0.5, 0.6) is 0 Å². The summed E-state index contributed by atoms with van der Waals surface area (Å²) in [7, 11) is 5.41. The quantitative estimate of drug-likeness (QED) is 0.0580. The molecule has 14 rings (SSSR count). The molecule has 4 aromatic rings. The highest BCUT2D eigenvalue weighted by atomic mass is 16.6. The molecule has 4 aromatic carbocycles. The number of allylic oxidation sites excluding steroid dienone is 10. The lowest BCUT2D eigenvalue weighted by molar-refractivity contribution is -0.162. The SMILES string of the molecule is C1=CC2CCC1C2.COC(=O)C1C2C=CC(C2)C1C(=O)OC.COC(=O)C1C2C=CC(C2)C1C(=O)OC.O=C(OCc1ccccc1)C1C2C=CC(C2)C1C(=O)OCc1ccccc1.O=C(OCc1ccccc1)C1C2C=CC(C2)C1C(=O)OCc1ccccc1. The van der Waals surface area contributed by atoms with Crippen LogP contribution in [0.1, 0.15) is 67.2 Å². The molecule has 478 valence electrons. The highest BCUT2D eigenvalue weighted by molar-refractivity contribution is 5.87. The van der Waals surface area contributed by atoms with Crippen LogP contribution < -0.4 is 0 Å². The van der Waals surface area contributed by atoms with Gasteiger partial charge >= 0.3 is 47.8 Å². The predicted molar refractivity (Wildman–Crippen MR) is 334 cm³/mol. The van der Waals surface area contributed by atoms with E-state index in [1.54, 1.807) is 0 Å². The maximum atomic E-state index is 12.7. The fraction of sp³-hybridized carbons (Fsp3) is 0.440. The van der Waals surface area contributed by atoms with Crippen molar-refractivity contribution in [2.24, 2.45) is 107 Å². The smallest absolute Gasteiger partial charge is 0.310 e. The van der Waals surface area contributed by atoms with Crippen LogP contribution in [0.15, 0.2) is 182 Å². The van der Waals surface area contributed by atoms with Gasteiger partial charge < -0.3 is 37.9 Å². The first kappa shape index (κ1) is 65.3. The lowest BCUT2D eigenvalue weighted by Crippen LogP contribution is -2.35. The lowest BCUT2D eigenvalue weighted by atomic mass is 9.83. The van der Waals surface area contributed by atoms with Crippen molar-refractivity contribution >= 4 is 47.8 Å². The molecule has 0 saturated heterocycles. The molecule has 10 bridgehead atoms. The topological polar surface area (TPSA) is 210 Å². The number of benzene rings is 4. The van der Waals surface area contributed by atoms with Crippen molar-refractivity contribution in [2.75, 3.05) is 28.4 Å². The first-order valence-corrected chi connectivity index (χ1v) is 31.8. The van der Waals surface area contributed by atoms with Gasteiger partial charge in [0, 0.05) is 0 Å². The summed E-state index contributed by atoms with van der Waals surface area (Å²) < 4.78 is 41.0. The van der Waals surface area contributed by atoms with E-state index >= 15 is 0 Å². The summed E-state index contributed by atoms with van der Waals surface area (Å²) in [5.74, 6) is -2.84. The normalized spacial score (nSPS) is 30.6. The van der Waals surface area contributed by atoms with Gasteiger partial charge in [-0.1, -0.05) is 182 Å². The molecular formula is C75H82O16. The van der Waals surface area contributed by atoms with Gasteiger partial charge in [0.25, 0.3) is 0 Å². The van der Waals surface area contributed by atoms with Crippen LogP contribution in [0, 0.1) is 107 Å². The first-order valence-electron chi connectivity index (χ1n) is 31.8. The zero-order valence-corrected chi connectivity index (χ0v) is 52.0. The number of hydrogen-bond acceptors (Lipinski definition) is 16. The number of fused-ring (bicyclic) bond motifs is 10. The van der Waals surface area contributed by atoms with Crippen LogP contribution in [0.3, 0.4) is 0 Å². The molecule has 10 aliphatic carbocycles. The molecule has 18 atom stereocenters. The van der Waals surface area contributed by atoms with Gasteiger partial charge in [0.1, 0.15) is 26.4 Å². The van der Waals surface area contributed by atoms with Gasteiger partial charge in [0.2, 0.25) is 0 Å². The van der Waals surface area contributed by atoms with Crippen molar-refractivity contribution in [1.29, 1.82) is 0 Å². The molecule has 0 aromatic heterocycles. The standard InChI is InChI=1S/2C23H22O4.2C11H14O4.C7H10/c2*24-22(26-14-16-7-3-1-4-8-16)20-18-11-12-19(13-18)21(20)23(25)27-15-17-9-5-2-6-10-17;2*1-14-10(12)8-6-3-4-7(5-6)9(8)11(13)15-2;1-2-7-4-3-6(1)5-7/h2*1-12,18-21H,13-15H2;2*3-4,6-9H,5H2,1-2H3;1-2,6-7H,3-5H2. The van der Waals surface area contributed by atoms with E-state index in [1.807, 2.05) is 170 Å². The largest absolute Gasteiger partial charge is 0.469 e.